The number of nitrogens with zero attached hydrogens (tertiary/aromatic N) is 4. The summed E-state index contributed by atoms with van der Waals surface area (Å²) in [4.78, 5) is 17.1. The molecule has 0 unspecified atom stereocenters. The van der Waals surface area contributed by atoms with Gasteiger partial charge in [0.05, 0.1) is 11.4 Å². The Morgan fingerprint density at radius 2 is 1.85 bits per heavy atom. The van der Waals surface area contributed by atoms with Gasteiger partial charge in [-0.1, -0.05) is 79.7 Å². The van der Waals surface area contributed by atoms with E-state index in [1.165, 1.54) is 28.7 Å². The van der Waals surface area contributed by atoms with E-state index >= 15 is 0 Å². The van der Waals surface area contributed by atoms with Gasteiger partial charge in [0, 0.05) is 28.1 Å². The number of benzene rings is 2. The topological polar surface area (TPSA) is 72.7 Å². The van der Waals surface area contributed by atoms with Gasteiger partial charge in [0.25, 0.3) is 0 Å². The van der Waals surface area contributed by atoms with Crippen LogP contribution in [-0.2, 0) is 11.3 Å². The lowest BCUT2D eigenvalue weighted by molar-refractivity contribution is -0.113. The van der Waals surface area contributed by atoms with Gasteiger partial charge in [-0.25, -0.2) is 4.98 Å². The molecule has 4 rings (SSSR count). The van der Waals surface area contributed by atoms with Crippen LogP contribution in [0.25, 0.3) is 22.6 Å². The zero-order chi connectivity index (χ0) is 24.1. The number of amides is 1. The van der Waals surface area contributed by atoms with Crippen molar-refractivity contribution in [3.05, 3.63) is 77.2 Å². The van der Waals surface area contributed by atoms with E-state index in [0.717, 1.165) is 22.6 Å². The quantitative estimate of drug-likeness (QED) is 0.199. The number of allylic oxidation sites excluding steroid dienone is 1. The number of hydrogen-bond acceptors (Lipinski definition) is 6. The van der Waals surface area contributed by atoms with Crippen LogP contribution >= 0.6 is 34.7 Å². The summed E-state index contributed by atoms with van der Waals surface area (Å²) in [7, 11) is 0. The van der Waals surface area contributed by atoms with E-state index in [1.807, 2.05) is 34.2 Å². The standard InChI is InChI=1S/C25H24ClN5OS2/c1-4-13-31-23(19-7-5-17(6-8-19)16(2)3)29-30-25(31)34-15-22(32)28-24-27-21(14-33-24)18-9-11-20(26)12-10-18/h4-12,14,16H,1,13,15H2,2-3H3,(H,27,28,32). The van der Waals surface area contributed by atoms with Crippen LogP contribution in [0.3, 0.4) is 0 Å². The van der Waals surface area contributed by atoms with Gasteiger partial charge in [0.1, 0.15) is 0 Å². The molecule has 0 saturated heterocycles. The predicted octanol–water partition coefficient (Wildman–Crippen LogP) is 6.76. The van der Waals surface area contributed by atoms with Crippen molar-refractivity contribution in [1.82, 2.24) is 19.7 Å². The number of aromatic nitrogens is 4. The van der Waals surface area contributed by atoms with E-state index < -0.39 is 0 Å². The van der Waals surface area contributed by atoms with Gasteiger partial charge in [-0.2, -0.15) is 0 Å². The summed E-state index contributed by atoms with van der Waals surface area (Å²) in [6.07, 6.45) is 1.80. The molecule has 2 aromatic carbocycles. The minimum absolute atomic E-state index is 0.155. The summed E-state index contributed by atoms with van der Waals surface area (Å²) in [6.45, 7) is 8.74. The molecule has 1 N–H and O–H groups in total. The summed E-state index contributed by atoms with van der Waals surface area (Å²) in [5, 5.41) is 15.4. The fourth-order valence-corrected chi connectivity index (χ4v) is 4.90. The van der Waals surface area contributed by atoms with Crippen LogP contribution in [0.4, 0.5) is 5.13 Å². The Bertz CT molecular complexity index is 1280. The summed E-state index contributed by atoms with van der Waals surface area (Å²) < 4.78 is 1.97. The second kappa shape index (κ2) is 11.0. The van der Waals surface area contributed by atoms with E-state index in [9.17, 15) is 4.79 Å². The first kappa shape index (κ1) is 24.2. The van der Waals surface area contributed by atoms with Crippen LogP contribution in [0.5, 0.6) is 0 Å². The lowest BCUT2D eigenvalue weighted by Gasteiger charge is -2.09. The van der Waals surface area contributed by atoms with Crippen LogP contribution < -0.4 is 5.32 Å². The van der Waals surface area contributed by atoms with Crippen LogP contribution in [0.15, 0.2) is 71.7 Å². The predicted molar refractivity (Wildman–Crippen MR) is 142 cm³/mol. The fourth-order valence-electron chi connectivity index (χ4n) is 3.29. The van der Waals surface area contributed by atoms with Crippen molar-refractivity contribution >= 4 is 45.7 Å². The maximum atomic E-state index is 12.6. The highest BCUT2D eigenvalue weighted by Gasteiger charge is 2.16. The summed E-state index contributed by atoms with van der Waals surface area (Å²) in [5.74, 6) is 1.26. The third kappa shape index (κ3) is 5.75. The van der Waals surface area contributed by atoms with Crippen molar-refractivity contribution in [3.8, 4) is 22.6 Å². The first-order valence-electron chi connectivity index (χ1n) is 10.7. The molecule has 0 bridgehead atoms. The third-order valence-corrected chi connectivity index (χ3v) is 7.06. The molecular formula is C25H24ClN5OS2. The summed E-state index contributed by atoms with van der Waals surface area (Å²) >= 11 is 8.67. The number of rotatable bonds is 9. The maximum absolute atomic E-state index is 12.6. The lowest BCUT2D eigenvalue weighted by atomic mass is 10.0. The molecule has 0 saturated carbocycles. The Labute approximate surface area is 212 Å². The van der Waals surface area contributed by atoms with E-state index in [2.05, 4.69) is 65.2 Å². The van der Waals surface area contributed by atoms with Crippen molar-refractivity contribution in [1.29, 1.82) is 0 Å². The molecule has 0 aliphatic heterocycles. The molecule has 0 spiro atoms. The highest BCUT2D eigenvalue weighted by Crippen LogP contribution is 2.28. The molecule has 2 heterocycles. The SMILES string of the molecule is C=CCn1c(SCC(=O)Nc2nc(-c3ccc(Cl)cc3)cs2)nnc1-c1ccc(C(C)C)cc1. The molecule has 0 aliphatic carbocycles. The molecule has 9 heteroatoms. The zero-order valence-corrected chi connectivity index (χ0v) is 21.3. The van der Waals surface area contributed by atoms with Crippen LogP contribution in [0.1, 0.15) is 25.3 Å². The van der Waals surface area contributed by atoms with Crippen molar-refractivity contribution in [3.63, 3.8) is 0 Å². The third-order valence-electron chi connectivity index (χ3n) is 5.09. The van der Waals surface area contributed by atoms with Crippen molar-refractivity contribution in [2.75, 3.05) is 11.1 Å². The van der Waals surface area contributed by atoms with Crippen LogP contribution in [-0.4, -0.2) is 31.4 Å². The number of carbonyl (C=O) groups is 1. The molecule has 34 heavy (non-hydrogen) atoms. The first-order chi connectivity index (χ1) is 16.4. The molecule has 174 valence electrons. The van der Waals surface area contributed by atoms with Gasteiger partial charge in [-0.3, -0.25) is 9.36 Å². The molecule has 0 atom stereocenters. The van der Waals surface area contributed by atoms with E-state index in [-0.39, 0.29) is 11.7 Å². The number of hydrogen-bond donors (Lipinski definition) is 1. The monoisotopic (exact) mass is 509 g/mol. The number of thioether (sulfide) groups is 1. The lowest BCUT2D eigenvalue weighted by Crippen LogP contribution is -2.14. The van der Waals surface area contributed by atoms with E-state index in [4.69, 9.17) is 11.6 Å². The number of anilines is 1. The normalized spacial score (nSPS) is 11.1. The van der Waals surface area contributed by atoms with Gasteiger partial charge in [0.15, 0.2) is 16.1 Å². The maximum Gasteiger partial charge on any atom is 0.236 e. The summed E-state index contributed by atoms with van der Waals surface area (Å²) in [6, 6.07) is 15.8. The summed E-state index contributed by atoms with van der Waals surface area (Å²) in [5.41, 5.74) is 3.99. The average molecular weight is 510 g/mol. The van der Waals surface area contributed by atoms with Gasteiger partial charge in [-0.15, -0.1) is 28.1 Å². The molecule has 4 aromatic rings. The van der Waals surface area contributed by atoms with Gasteiger partial charge >= 0.3 is 0 Å². The zero-order valence-electron chi connectivity index (χ0n) is 18.9. The van der Waals surface area contributed by atoms with Gasteiger partial charge in [0.2, 0.25) is 5.91 Å². The number of carbonyl (C=O) groups excluding carboxylic acids is 1. The number of thiazole rings is 1. The minimum Gasteiger partial charge on any atom is -0.301 e. The fraction of sp³-hybridized carbons (Fsp3) is 0.200. The Kier molecular flexibility index (Phi) is 7.82. The van der Waals surface area contributed by atoms with Gasteiger partial charge < -0.3 is 5.32 Å². The molecule has 2 aromatic heterocycles. The van der Waals surface area contributed by atoms with Gasteiger partial charge in [-0.05, 0) is 23.6 Å². The second-order valence-corrected chi connectivity index (χ2v) is 10.1. The molecule has 0 aliphatic rings. The minimum atomic E-state index is -0.155. The Balaban J connectivity index is 1.41. The molecular weight excluding hydrogens is 486 g/mol. The molecule has 0 radical (unpaired) electrons. The highest BCUT2D eigenvalue weighted by atomic mass is 35.5. The van der Waals surface area contributed by atoms with Crippen LogP contribution in [0.2, 0.25) is 5.02 Å². The largest absolute Gasteiger partial charge is 0.301 e. The van der Waals surface area contributed by atoms with Crippen molar-refractivity contribution in [2.24, 2.45) is 0 Å². The molecule has 0 fully saturated rings. The Morgan fingerprint density at radius 3 is 2.53 bits per heavy atom. The number of nitrogens with one attached hydrogen (secondary N) is 1. The molecule has 1 amide bonds. The average Bonchev–Trinajstić information content (AvgIpc) is 3.46. The Morgan fingerprint density at radius 1 is 1.15 bits per heavy atom. The first-order valence-corrected chi connectivity index (χ1v) is 13.0. The number of halogens is 1. The van der Waals surface area contributed by atoms with Crippen LogP contribution in [0, 0.1) is 0 Å². The van der Waals surface area contributed by atoms with E-state index in [1.54, 1.807) is 6.08 Å². The smallest absolute Gasteiger partial charge is 0.236 e. The highest BCUT2D eigenvalue weighted by molar-refractivity contribution is 7.99. The second-order valence-electron chi connectivity index (χ2n) is 7.86. The van der Waals surface area contributed by atoms with Crippen molar-refractivity contribution in [2.45, 2.75) is 31.5 Å². The Hall–Kier alpha value is -2.94. The van der Waals surface area contributed by atoms with Crippen molar-refractivity contribution < 1.29 is 4.79 Å². The van der Waals surface area contributed by atoms with E-state index in [0.29, 0.717) is 27.8 Å². The molecule has 6 nitrogen and oxygen atoms in total.